The number of hydrogen-bond donors (Lipinski definition) is 1. The minimum Gasteiger partial charge on any atom is -0.380 e. The van der Waals surface area contributed by atoms with E-state index >= 15 is 0 Å². The molecule has 3 rings (SSSR count). The number of rotatable bonds is 3. The summed E-state index contributed by atoms with van der Waals surface area (Å²) in [6.45, 7) is 4.17. The monoisotopic (exact) mass is 301 g/mol. The average molecular weight is 302 g/mol. The first-order chi connectivity index (χ1) is 10.2. The molecule has 0 atom stereocenters. The topological polar surface area (TPSA) is 28.2 Å². The van der Waals surface area contributed by atoms with Gasteiger partial charge in [0.25, 0.3) is 0 Å². The van der Waals surface area contributed by atoms with E-state index in [9.17, 15) is 0 Å². The number of aromatic nitrogens is 1. The van der Waals surface area contributed by atoms with E-state index in [1.54, 1.807) is 6.20 Å². The van der Waals surface area contributed by atoms with Crippen LogP contribution in [0.25, 0.3) is 0 Å². The normalized spacial score (nSPS) is 16.0. The van der Waals surface area contributed by atoms with Gasteiger partial charge in [0.2, 0.25) is 0 Å². The summed E-state index contributed by atoms with van der Waals surface area (Å²) in [6, 6.07) is 13.1. The van der Waals surface area contributed by atoms with Gasteiger partial charge < -0.3 is 10.2 Å². The third kappa shape index (κ3) is 3.48. The summed E-state index contributed by atoms with van der Waals surface area (Å²) >= 11 is 6.16. The molecule has 1 aromatic carbocycles. The van der Waals surface area contributed by atoms with Crippen LogP contribution in [0.15, 0.2) is 42.6 Å². The smallest absolute Gasteiger partial charge is 0.152 e. The van der Waals surface area contributed by atoms with E-state index in [1.807, 2.05) is 6.92 Å². The molecule has 0 unspecified atom stereocenters. The molecule has 1 aromatic heterocycles. The highest BCUT2D eigenvalue weighted by Crippen LogP contribution is 2.25. The molecule has 1 fully saturated rings. The SMILES string of the molecule is Cc1cnc(Cl)c(NC2CCN(c3ccccc3)CC2)c1. The van der Waals surface area contributed by atoms with E-state index < -0.39 is 0 Å². The third-order valence-electron chi connectivity index (χ3n) is 3.95. The number of aryl methyl sites for hydroxylation is 1. The van der Waals surface area contributed by atoms with Gasteiger partial charge in [-0.1, -0.05) is 29.8 Å². The van der Waals surface area contributed by atoms with Gasteiger partial charge >= 0.3 is 0 Å². The maximum atomic E-state index is 6.16. The molecule has 0 radical (unpaired) electrons. The zero-order valence-corrected chi connectivity index (χ0v) is 13.0. The van der Waals surface area contributed by atoms with E-state index in [2.05, 4.69) is 51.6 Å². The van der Waals surface area contributed by atoms with Gasteiger partial charge in [0, 0.05) is 31.0 Å². The van der Waals surface area contributed by atoms with Crippen LogP contribution in [0.1, 0.15) is 18.4 Å². The van der Waals surface area contributed by atoms with Crippen LogP contribution >= 0.6 is 11.6 Å². The molecular formula is C17H20ClN3. The number of halogens is 1. The van der Waals surface area contributed by atoms with Crippen LogP contribution in [0.2, 0.25) is 5.15 Å². The van der Waals surface area contributed by atoms with Crippen molar-refractivity contribution in [3.05, 3.63) is 53.3 Å². The zero-order valence-electron chi connectivity index (χ0n) is 12.2. The van der Waals surface area contributed by atoms with E-state index in [0.717, 1.165) is 37.2 Å². The van der Waals surface area contributed by atoms with Crippen molar-refractivity contribution in [3.8, 4) is 0 Å². The highest BCUT2D eigenvalue weighted by Gasteiger charge is 2.20. The highest BCUT2D eigenvalue weighted by atomic mass is 35.5. The van der Waals surface area contributed by atoms with Crippen molar-refractivity contribution in [2.75, 3.05) is 23.3 Å². The standard InChI is InChI=1S/C17H20ClN3/c1-13-11-16(17(18)19-12-13)20-14-7-9-21(10-8-14)15-5-3-2-4-6-15/h2-6,11-12,14,20H,7-10H2,1H3. The van der Waals surface area contributed by atoms with Gasteiger partial charge in [-0.25, -0.2) is 4.98 Å². The lowest BCUT2D eigenvalue weighted by molar-refractivity contribution is 0.526. The minimum absolute atomic E-state index is 0.464. The maximum absolute atomic E-state index is 6.16. The summed E-state index contributed by atoms with van der Waals surface area (Å²) in [5.74, 6) is 0. The van der Waals surface area contributed by atoms with Crippen molar-refractivity contribution in [3.63, 3.8) is 0 Å². The molecule has 1 N–H and O–H groups in total. The fraction of sp³-hybridized carbons (Fsp3) is 0.353. The molecule has 0 aliphatic carbocycles. The Labute approximate surface area is 131 Å². The fourth-order valence-corrected chi connectivity index (χ4v) is 2.95. The van der Waals surface area contributed by atoms with Crippen molar-refractivity contribution in [1.82, 2.24) is 4.98 Å². The van der Waals surface area contributed by atoms with Gasteiger partial charge in [-0.3, -0.25) is 0 Å². The van der Waals surface area contributed by atoms with Gasteiger partial charge in [-0.05, 0) is 43.5 Å². The van der Waals surface area contributed by atoms with Crippen molar-refractivity contribution in [2.45, 2.75) is 25.8 Å². The summed E-state index contributed by atoms with van der Waals surface area (Å²) in [7, 11) is 0. The largest absolute Gasteiger partial charge is 0.380 e. The highest BCUT2D eigenvalue weighted by molar-refractivity contribution is 6.31. The summed E-state index contributed by atoms with van der Waals surface area (Å²) in [4.78, 5) is 6.64. The van der Waals surface area contributed by atoms with Crippen LogP contribution in [-0.2, 0) is 0 Å². The first-order valence-electron chi connectivity index (χ1n) is 7.41. The second-order valence-electron chi connectivity index (χ2n) is 5.59. The first-order valence-corrected chi connectivity index (χ1v) is 7.79. The average Bonchev–Trinajstić information content (AvgIpc) is 2.53. The van der Waals surface area contributed by atoms with Gasteiger partial charge in [0.15, 0.2) is 5.15 Å². The van der Waals surface area contributed by atoms with Crippen LogP contribution in [0.4, 0.5) is 11.4 Å². The van der Waals surface area contributed by atoms with E-state index in [4.69, 9.17) is 11.6 Å². The van der Waals surface area contributed by atoms with E-state index in [-0.39, 0.29) is 0 Å². The Hall–Kier alpha value is -1.74. The van der Waals surface area contributed by atoms with Crippen LogP contribution in [0, 0.1) is 6.92 Å². The molecule has 3 nitrogen and oxygen atoms in total. The number of hydrogen-bond acceptors (Lipinski definition) is 3. The van der Waals surface area contributed by atoms with Gasteiger partial charge in [0.1, 0.15) is 0 Å². The minimum atomic E-state index is 0.464. The Bertz CT molecular complexity index is 592. The Morgan fingerprint density at radius 2 is 1.90 bits per heavy atom. The zero-order chi connectivity index (χ0) is 14.7. The molecule has 0 saturated carbocycles. The van der Waals surface area contributed by atoms with E-state index in [1.165, 1.54) is 5.69 Å². The molecule has 4 heteroatoms. The Balaban J connectivity index is 1.60. The predicted octanol–water partition coefficient (Wildman–Crippen LogP) is 4.12. The van der Waals surface area contributed by atoms with Crippen molar-refractivity contribution >= 4 is 23.0 Å². The van der Waals surface area contributed by atoms with Crippen LogP contribution in [0.5, 0.6) is 0 Å². The molecular weight excluding hydrogens is 282 g/mol. The Morgan fingerprint density at radius 3 is 2.62 bits per heavy atom. The lowest BCUT2D eigenvalue weighted by Crippen LogP contribution is -2.39. The molecule has 110 valence electrons. The lowest BCUT2D eigenvalue weighted by atomic mass is 10.0. The number of pyridine rings is 1. The summed E-state index contributed by atoms with van der Waals surface area (Å²) < 4.78 is 0. The lowest BCUT2D eigenvalue weighted by Gasteiger charge is -2.34. The molecule has 0 amide bonds. The van der Waals surface area contributed by atoms with E-state index in [0.29, 0.717) is 11.2 Å². The molecule has 2 heterocycles. The Morgan fingerprint density at radius 1 is 1.19 bits per heavy atom. The predicted molar refractivity (Wildman–Crippen MR) is 89.3 cm³/mol. The van der Waals surface area contributed by atoms with Crippen LogP contribution < -0.4 is 10.2 Å². The first kappa shape index (κ1) is 14.2. The summed E-state index contributed by atoms with van der Waals surface area (Å²) in [5, 5.41) is 4.10. The van der Waals surface area contributed by atoms with Gasteiger partial charge in [0.05, 0.1) is 5.69 Å². The molecule has 2 aromatic rings. The molecule has 0 bridgehead atoms. The quantitative estimate of drug-likeness (QED) is 0.864. The number of para-hydroxylation sites is 1. The van der Waals surface area contributed by atoms with Crippen molar-refractivity contribution in [1.29, 1.82) is 0 Å². The third-order valence-corrected chi connectivity index (χ3v) is 4.25. The van der Waals surface area contributed by atoms with Crippen LogP contribution in [-0.4, -0.2) is 24.1 Å². The molecule has 1 saturated heterocycles. The molecule has 1 aliphatic rings. The van der Waals surface area contributed by atoms with Crippen molar-refractivity contribution < 1.29 is 0 Å². The number of nitrogens with zero attached hydrogens (tertiary/aromatic N) is 2. The second-order valence-corrected chi connectivity index (χ2v) is 5.95. The second kappa shape index (κ2) is 6.35. The molecule has 0 spiro atoms. The summed E-state index contributed by atoms with van der Waals surface area (Å²) in [5.41, 5.74) is 3.39. The number of anilines is 2. The molecule has 1 aliphatic heterocycles. The van der Waals surface area contributed by atoms with Gasteiger partial charge in [-0.15, -0.1) is 0 Å². The number of benzene rings is 1. The fourth-order valence-electron chi connectivity index (χ4n) is 2.79. The van der Waals surface area contributed by atoms with Gasteiger partial charge in [-0.2, -0.15) is 0 Å². The summed E-state index contributed by atoms with van der Waals surface area (Å²) in [6.07, 6.45) is 4.02. The molecule has 21 heavy (non-hydrogen) atoms. The van der Waals surface area contributed by atoms with Crippen molar-refractivity contribution in [2.24, 2.45) is 0 Å². The Kier molecular flexibility index (Phi) is 4.30. The number of nitrogens with one attached hydrogen (secondary N) is 1. The maximum Gasteiger partial charge on any atom is 0.152 e. The van der Waals surface area contributed by atoms with Crippen LogP contribution in [0.3, 0.4) is 0 Å². The number of piperidine rings is 1.